The molecular formula is C72H75Cl2SiZr. The van der Waals surface area contributed by atoms with Crippen molar-refractivity contribution in [3.63, 3.8) is 0 Å². The van der Waals surface area contributed by atoms with Crippen molar-refractivity contribution in [1.29, 1.82) is 0 Å². The summed E-state index contributed by atoms with van der Waals surface area (Å²) in [4.78, 5) is 0. The number of benzene rings is 8. The van der Waals surface area contributed by atoms with Crippen LogP contribution in [0.15, 0.2) is 164 Å². The van der Waals surface area contributed by atoms with E-state index < -0.39 is 25.9 Å². The summed E-state index contributed by atoms with van der Waals surface area (Å²) >= 11 is -6.13. The van der Waals surface area contributed by atoms with Crippen LogP contribution < -0.4 is 13.6 Å². The molecule has 0 nitrogen and oxygen atoms in total. The Balaban J connectivity index is 1.30. The molecule has 8 aromatic carbocycles. The van der Waals surface area contributed by atoms with Crippen molar-refractivity contribution < 1.29 is 16.4 Å². The van der Waals surface area contributed by atoms with Gasteiger partial charge in [-0.25, -0.2) is 0 Å². The Morgan fingerprint density at radius 1 is 0.434 bits per heavy atom. The molecule has 385 valence electrons. The third-order valence-electron chi connectivity index (χ3n) is 17.5. The van der Waals surface area contributed by atoms with Gasteiger partial charge in [0, 0.05) is 0 Å². The molecule has 2 atom stereocenters. The molecule has 2 aliphatic carbocycles. The van der Waals surface area contributed by atoms with Crippen LogP contribution in [-0.4, -0.2) is 9.52 Å². The summed E-state index contributed by atoms with van der Waals surface area (Å²) in [6.07, 6.45) is 9.19. The average Bonchev–Trinajstić information content (AvgIpc) is 4.14. The molecule has 3 aliphatic rings. The third-order valence-corrected chi connectivity index (χ3v) is 39.9. The van der Waals surface area contributed by atoms with Crippen LogP contribution >= 0.6 is 17.0 Å². The molecule has 1 aliphatic heterocycles. The molecule has 0 aromatic heterocycles. The van der Waals surface area contributed by atoms with Gasteiger partial charge >= 0.3 is 470 Å². The van der Waals surface area contributed by atoms with Gasteiger partial charge in [0.1, 0.15) is 0 Å². The van der Waals surface area contributed by atoms with Crippen LogP contribution in [0.5, 0.6) is 0 Å². The van der Waals surface area contributed by atoms with Crippen molar-refractivity contribution in [3.05, 3.63) is 231 Å². The number of allylic oxidation sites excluding steroid dienone is 2. The molecule has 8 aromatic rings. The predicted octanol–water partition coefficient (Wildman–Crippen LogP) is 18.7. The van der Waals surface area contributed by atoms with Crippen LogP contribution in [0.1, 0.15) is 180 Å². The van der Waals surface area contributed by atoms with Gasteiger partial charge in [-0.15, -0.1) is 0 Å². The number of halogens is 2. The monoisotopic (exact) mass is 1130 g/mol. The fraction of sp³-hybridized carbons (Fsp3) is 0.278. The first-order valence-electron chi connectivity index (χ1n) is 28.5. The molecule has 11 rings (SSSR count). The topological polar surface area (TPSA) is 0 Å². The van der Waals surface area contributed by atoms with Crippen molar-refractivity contribution in [2.75, 3.05) is 0 Å². The first kappa shape index (κ1) is 52.9. The van der Waals surface area contributed by atoms with Crippen molar-refractivity contribution >= 4 is 63.5 Å². The first-order chi connectivity index (χ1) is 36.6. The molecule has 76 heavy (non-hydrogen) atoms. The molecule has 0 bridgehead atoms. The summed E-state index contributed by atoms with van der Waals surface area (Å²) in [5.74, 6) is 1.54. The third kappa shape index (κ3) is 9.00. The summed E-state index contributed by atoms with van der Waals surface area (Å²) in [6, 6.07) is 63.3. The molecule has 0 saturated carbocycles. The SMILES string of the molecule is CCCc1ccc2c(c1-c1cc(C(C)C)cc(C(C)C)c1)C=C(c1ccccc1)[CH]2[Zr]([Cl])([Cl])([c]1cccc2c1[SiH2]c1ccccc1-2)[CH]1C(c2ccccc2)=Cc2c1ccc(CCC)c2-c1cc(C(C)C)cc(C(C)C)c1. The van der Waals surface area contributed by atoms with E-state index in [4.69, 9.17) is 0 Å². The molecule has 1 heterocycles. The summed E-state index contributed by atoms with van der Waals surface area (Å²) in [5.41, 5.74) is 26.2. The van der Waals surface area contributed by atoms with Gasteiger partial charge in [0.25, 0.3) is 0 Å². The van der Waals surface area contributed by atoms with E-state index in [1.54, 1.807) is 0 Å². The second kappa shape index (κ2) is 20.9. The van der Waals surface area contributed by atoms with Crippen LogP contribution in [0.2, 0.25) is 0 Å². The molecule has 0 saturated heterocycles. The number of rotatable bonds is 15. The van der Waals surface area contributed by atoms with E-state index in [9.17, 15) is 17.0 Å². The average molecular weight is 1130 g/mol. The van der Waals surface area contributed by atoms with Gasteiger partial charge in [0.15, 0.2) is 0 Å². The Morgan fingerprint density at radius 3 is 1.26 bits per heavy atom. The van der Waals surface area contributed by atoms with E-state index in [-0.39, 0.29) is 7.25 Å². The normalized spacial score (nSPS) is 16.5. The maximum absolute atomic E-state index is 9.89. The quantitative estimate of drug-likeness (QED) is 0.0898. The summed E-state index contributed by atoms with van der Waals surface area (Å²) in [6.45, 7) is 23.3. The number of aryl methyl sites for hydroxylation is 2. The second-order valence-corrected chi connectivity index (χ2v) is 46.1. The molecule has 0 N–H and O–H groups in total. The number of hydrogen-bond acceptors (Lipinski definition) is 0. The number of hydrogen-bond donors (Lipinski definition) is 0. The standard InChI is InChI=1S/2C30H33.C12H9Si.2ClH.Zr/c2*1-6-10-23-13-14-24-15-27(22-11-8-7-9-12-22)19-29(24)30(23)28-17-25(20(2)3)16-26(18-28)21(4)5;1-3-7-11-9(5-1)10-6-2-4-8-12(10)13-11;;;/h2*7-9,11-21H,6,10H2,1-5H3;1-7H,13H2;2*1H;/q;;;;;+2/p-2. The Hall–Kier alpha value is -5.08. The molecule has 0 amide bonds. The van der Waals surface area contributed by atoms with E-state index in [1.165, 1.54) is 125 Å². The Bertz CT molecular complexity index is 3360. The Morgan fingerprint density at radius 2 is 0.842 bits per heavy atom. The molecular weight excluding hydrogens is 1060 g/mol. The van der Waals surface area contributed by atoms with Gasteiger partial charge in [0.2, 0.25) is 0 Å². The van der Waals surface area contributed by atoms with Crippen LogP contribution in [0.3, 0.4) is 0 Å². The minimum absolute atomic E-state index is 0.294. The van der Waals surface area contributed by atoms with Crippen LogP contribution in [0.4, 0.5) is 0 Å². The van der Waals surface area contributed by atoms with Gasteiger partial charge in [-0.2, -0.15) is 0 Å². The van der Waals surface area contributed by atoms with Crippen molar-refractivity contribution in [2.45, 2.75) is 126 Å². The van der Waals surface area contributed by atoms with Crippen molar-refractivity contribution in [3.8, 4) is 33.4 Å². The van der Waals surface area contributed by atoms with Crippen molar-refractivity contribution in [2.24, 2.45) is 0 Å². The van der Waals surface area contributed by atoms with Crippen LogP contribution in [-0.2, 0) is 29.2 Å². The van der Waals surface area contributed by atoms with E-state index in [0.717, 1.165) is 25.7 Å². The number of fused-ring (bicyclic) bond motifs is 5. The minimum atomic E-state index is -6.13. The van der Waals surface area contributed by atoms with Crippen molar-refractivity contribution in [1.82, 2.24) is 0 Å². The van der Waals surface area contributed by atoms with Gasteiger partial charge in [0.05, 0.1) is 0 Å². The second-order valence-electron chi connectivity index (χ2n) is 23.7. The molecule has 0 radical (unpaired) electrons. The van der Waals surface area contributed by atoms with Gasteiger partial charge in [-0.05, 0) is 0 Å². The predicted molar refractivity (Wildman–Crippen MR) is 333 cm³/mol. The molecule has 0 fully saturated rings. The van der Waals surface area contributed by atoms with Gasteiger partial charge < -0.3 is 0 Å². The zero-order chi connectivity index (χ0) is 53.2. The van der Waals surface area contributed by atoms with E-state index in [1.807, 2.05) is 0 Å². The van der Waals surface area contributed by atoms with E-state index >= 15 is 0 Å². The Labute approximate surface area is 465 Å². The maximum atomic E-state index is 9.89. The van der Waals surface area contributed by atoms with Crippen LogP contribution in [0.25, 0.3) is 56.7 Å². The molecule has 4 heteroatoms. The van der Waals surface area contributed by atoms with E-state index in [0.29, 0.717) is 23.7 Å². The zero-order valence-electron chi connectivity index (χ0n) is 46.5. The molecule has 2 unspecified atom stereocenters. The zero-order valence-corrected chi connectivity index (χ0v) is 51.9. The fourth-order valence-electron chi connectivity index (χ4n) is 13.6. The fourth-order valence-corrected chi connectivity index (χ4v) is 40.6. The first-order valence-corrected chi connectivity index (χ1v) is 40.4. The van der Waals surface area contributed by atoms with E-state index in [2.05, 4.69) is 245 Å². The summed E-state index contributed by atoms with van der Waals surface area (Å²) in [7, 11) is 18.8. The van der Waals surface area contributed by atoms with Gasteiger partial charge in [-0.1, -0.05) is 0 Å². The Kier molecular flexibility index (Phi) is 14.6. The summed E-state index contributed by atoms with van der Waals surface area (Å²) in [5, 5.41) is 2.91. The summed E-state index contributed by atoms with van der Waals surface area (Å²) < 4.78 is 0.658. The van der Waals surface area contributed by atoms with Gasteiger partial charge in [-0.3, -0.25) is 0 Å². The van der Waals surface area contributed by atoms with Crippen LogP contribution in [0, 0.1) is 0 Å². The molecule has 0 spiro atoms.